The highest BCUT2D eigenvalue weighted by Crippen LogP contribution is 2.17. The van der Waals surface area contributed by atoms with Crippen LogP contribution in [0.5, 0.6) is 0 Å². The minimum Gasteiger partial charge on any atom is -0.312 e. The Bertz CT molecular complexity index is 761. The van der Waals surface area contributed by atoms with Crippen LogP contribution in [-0.2, 0) is 4.84 Å². The van der Waals surface area contributed by atoms with Gasteiger partial charge in [0.25, 0.3) is 0 Å². The van der Waals surface area contributed by atoms with Crippen molar-refractivity contribution in [3.8, 4) is 0 Å². The fourth-order valence-electron chi connectivity index (χ4n) is 2.05. The van der Waals surface area contributed by atoms with Gasteiger partial charge in [-0.15, -0.1) is 0 Å². The molecule has 102 valence electrons. The van der Waals surface area contributed by atoms with Crippen molar-refractivity contribution < 1.29 is 14.4 Å². The molecule has 0 aromatic heterocycles. The number of hydrogen-bond donors (Lipinski definition) is 0. The van der Waals surface area contributed by atoms with Crippen molar-refractivity contribution in [1.29, 1.82) is 0 Å². The first-order valence-electron chi connectivity index (χ1n) is 6.42. The molecule has 0 saturated heterocycles. The number of allylic oxidation sites excluding steroid dienone is 2. The smallest absolute Gasteiger partial charge is 0.312 e. The zero-order valence-corrected chi connectivity index (χ0v) is 11.0. The highest BCUT2D eigenvalue weighted by atomic mass is 16.7. The van der Waals surface area contributed by atoms with Gasteiger partial charge in [0.15, 0.2) is 5.78 Å². The first-order valence-corrected chi connectivity index (χ1v) is 6.42. The molecule has 0 aliphatic heterocycles. The van der Waals surface area contributed by atoms with Gasteiger partial charge < -0.3 is 4.84 Å². The van der Waals surface area contributed by atoms with E-state index in [2.05, 4.69) is 5.16 Å². The normalized spacial score (nSPS) is 14.9. The number of carbonyl (C=O) groups is 2. The second-order valence-electron chi connectivity index (χ2n) is 4.46. The Morgan fingerprint density at radius 1 is 0.857 bits per heavy atom. The average Bonchev–Trinajstić information content (AvgIpc) is 2.55. The number of carbonyl (C=O) groups excluding carboxylic acids is 2. The second-order valence-corrected chi connectivity index (χ2v) is 4.46. The summed E-state index contributed by atoms with van der Waals surface area (Å²) < 4.78 is 0. The summed E-state index contributed by atoms with van der Waals surface area (Å²) in [4.78, 5) is 28.5. The monoisotopic (exact) mass is 277 g/mol. The number of benzene rings is 2. The van der Waals surface area contributed by atoms with E-state index in [0.717, 1.165) is 0 Å². The molecule has 2 aromatic rings. The second kappa shape index (κ2) is 5.54. The maximum absolute atomic E-state index is 11.8. The van der Waals surface area contributed by atoms with Gasteiger partial charge in [-0.3, -0.25) is 4.79 Å². The van der Waals surface area contributed by atoms with Gasteiger partial charge in [0.2, 0.25) is 0 Å². The lowest BCUT2D eigenvalue weighted by Crippen LogP contribution is -2.13. The first kappa shape index (κ1) is 13.0. The highest BCUT2D eigenvalue weighted by molar-refractivity contribution is 6.23. The molecular formula is C17H11NO3. The van der Waals surface area contributed by atoms with E-state index in [1.165, 1.54) is 6.08 Å². The van der Waals surface area contributed by atoms with Gasteiger partial charge in [0.05, 0.1) is 5.56 Å². The molecule has 0 saturated carbocycles. The van der Waals surface area contributed by atoms with Gasteiger partial charge in [0, 0.05) is 11.1 Å². The third-order valence-corrected chi connectivity index (χ3v) is 3.10. The number of rotatable bonds is 2. The van der Waals surface area contributed by atoms with Crippen LogP contribution in [0.15, 0.2) is 71.9 Å². The van der Waals surface area contributed by atoms with E-state index in [1.54, 1.807) is 54.6 Å². The summed E-state index contributed by atoms with van der Waals surface area (Å²) in [5, 5.41) is 3.86. The fraction of sp³-hybridized carbons (Fsp3) is 0. The molecule has 0 radical (unpaired) electrons. The number of hydrogen-bond acceptors (Lipinski definition) is 4. The van der Waals surface area contributed by atoms with Crippen LogP contribution >= 0.6 is 0 Å². The molecule has 4 nitrogen and oxygen atoms in total. The maximum atomic E-state index is 11.8. The van der Waals surface area contributed by atoms with Crippen molar-refractivity contribution in [3.63, 3.8) is 0 Å². The predicted molar refractivity (Wildman–Crippen MR) is 78.3 cm³/mol. The van der Waals surface area contributed by atoms with Crippen molar-refractivity contribution in [2.75, 3.05) is 0 Å². The zero-order chi connectivity index (χ0) is 14.7. The molecule has 4 heteroatoms. The van der Waals surface area contributed by atoms with Crippen LogP contribution in [0.1, 0.15) is 26.3 Å². The van der Waals surface area contributed by atoms with E-state index < -0.39 is 5.97 Å². The van der Waals surface area contributed by atoms with Crippen LogP contribution < -0.4 is 0 Å². The maximum Gasteiger partial charge on any atom is 0.365 e. The molecule has 1 aliphatic carbocycles. The molecule has 0 atom stereocenters. The van der Waals surface area contributed by atoms with E-state index in [0.29, 0.717) is 22.4 Å². The largest absolute Gasteiger partial charge is 0.365 e. The molecule has 0 unspecified atom stereocenters. The van der Waals surface area contributed by atoms with Crippen LogP contribution in [0.4, 0.5) is 0 Å². The molecule has 0 N–H and O–H groups in total. The van der Waals surface area contributed by atoms with Crippen LogP contribution in [0.2, 0.25) is 0 Å². The van der Waals surface area contributed by atoms with Crippen LogP contribution in [0.25, 0.3) is 0 Å². The molecule has 3 rings (SSSR count). The summed E-state index contributed by atoms with van der Waals surface area (Å²) in [5.74, 6) is -0.621. The molecule has 0 amide bonds. The zero-order valence-electron chi connectivity index (χ0n) is 11.0. The van der Waals surface area contributed by atoms with Gasteiger partial charge in [-0.25, -0.2) is 4.79 Å². The molecule has 1 aliphatic rings. The fourth-order valence-corrected chi connectivity index (χ4v) is 2.05. The molecule has 2 aromatic carbocycles. The van der Waals surface area contributed by atoms with Gasteiger partial charge >= 0.3 is 5.97 Å². The lowest BCUT2D eigenvalue weighted by atomic mass is 9.95. The van der Waals surface area contributed by atoms with Crippen LogP contribution in [-0.4, -0.2) is 17.5 Å². The van der Waals surface area contributed by atoms with Crippen molar-refractivity contribution in [2.45, 2.75) is 0 Å². The summed E-state index contributed by atoms with van der Waals surface area (Å²) in [5.41, 5.74) is 2.08. The van der Waals surface area contributed by atoms with E-state index in [9.17, 15) is 9.59 Å². The third-order valence-electron chi connectivity index (χ3n) is 3.10. The topological polar surface area (TPSA) is 55.7 Å². The van der Waals surface area contributed by atoms with E-state index in [4.69, 9.17) is 4.84 Å². The third kappa shape index (κ3) is 2.65. The van der Waals surface area contributed by atoms with Crippen LogP contribution in [0, 0.1) is 0 Å². The standard InChI is InChI=1S/C17H11NO3/c19-16-11-10-15(13-8-4-5-9-14(13)16)18-21-17(20)12-6-2-1-3-7-12/h1-11H. The van der Waals surface area contributed by atoms with Gasteiger partial charge in [0.1, 0.15) is 5.71 Å². The number of fused-ring (bicyclic) bond motifs is 1. The Balaban J connectivity index is 1.86. The average molecular weight is 277 g/mol. The van der Waals surface area contributed by atoms with Crippen molar-refractivity contribution >= 4 is 17.5 Å². The van der Waals surface area contributed by atoms with Gasteiger partial charge in [-0.2, -0.15) is 0 Å². The minimum atomic E-state index is -0.536. The minimum absolute atomic E-state index is 0.0843. The quantitative estimate of drug-likeness (QED) is 0.626. The Hall–Kier alpha value is -3.01. The molecular weight excluding hydrogens is 266 g/mol. The van der Waals surface area contributed by atoms with E-state index >= 15 is 0 Å². The Kier molecular flexibility index (Phi) is 3.43. The summed E-state index contributed by atoms with van der Waals surface area (Å²) in [6.45, 7) is 0. The van der Waals surface area contributed by atoms with Crippen molar-refractivity contribution in [3.05, 3.63) is 83.4 Å². The lowest BCUT2D eigenvalue weighted by Gasteiger charge is -2.10. The predicted octanol–water partition coefficient (Wildman–Crippen LogP) is 3.00. The molecule has 0 spiro atoms. The summed E-state index contributed by atoms with van der Waals surface area (Å²) >= 11 is 0. The Labute approximate surface area is 121 Å². The first-order chi connectivity index (χ1) is 10.3. The number of ketones is 1. The number of nitrogens with zero attached hydrogens (tertiary/aromatic N) is 1. The SMILES string of the molecule is O=C(ON=C1C=CC(=O)c2ccccc21)c1ccccc1. The summed E-state index contributed by atoms with van der Waals surface area (Å²) in [6, 6.07) is 15.7. The summed E-state index contributed by atoms with van der Waals surface area (Å²) in [6.07, 6.45) is 2.96. The molecule has 21 heavy (non-hydrogen) atoms. The lowest BCUT2D eigenvalue weighted by molar-refractivity contribution is 0.0517. The number of oxime groups is 1. The van der Waals surface area contributed by atoms with Gasteiger partial charge in [-0.1, -0.05) is 47.6 Å². The van der Waals surface area contributed by atoms with E-state index in [-0.39, 0.29) is 5.78 Å². The van der Waals surface area contributed by atoms with E-state index in [1.807, 2.05) is 6.07 Å². The molecule has 0 fully saturated rings. The highest BCUT2D eigenvalue weighted by Gasteiger charge is 2.17. The summed E-state index contributed by atoms with van der Waals surface area (Å²) in [7, 11) is 0. The van der Waals surface area contributed by atoms with Crippen LogP contribution in [0.3, 0.4) is 0 Å². The Morgan fingerprint density at radius 2 is 1.52 bits per heavy atom. The molecule has 0 bridgehead atoms. The van der Waals surface area contributed by atoms with Crippen molar-refractivity contribution in [2.24, 2.45) is 5.16 Å². The molecule has 0 heterocycles. The van der Waals surface area contributed by atoms with Crippen molar-refractivity contribution in [1.82, 2.24) is 0 Å². The Morgan fingerprint density at radius 3 is 2.29 bits per heavy atom. The van der Waals surface area contributed by atoms with Gasteiger partial charge in [-0.05, 0) is 24.3 Å².